The van der Waals surface area contributed by atoms with Crippen molar-refractivity contribution in [2.24, 2.45) is 55.3 Å². The van der Waals surface area contributed by atoms with E-state index in [0.717, 1.165) is 51.7 Å². The number of hydrogen-bond acceptors (Lipinski definition) is 48. The van der Waals surface area contributed by atoms with E-state index in [1.54, 1.807) is 6.92 Å². The summed E-state index contributed by atoms with van der Waals surface area (Å²) in [5, 5.41) is 327. The standard InChI is InChI=1S/C93H147N3O48/c1-14-45(134-81(128)69(122)72(46(15-2)133-41(7)102)139-78(125)62(115)55(108)37(3)99)59(112)75(142-84-66(119)61(114)71(40(6)132-84)138-82(129)68(121)70(39(5)101)137-80(127)64(117)57(110)44(103)26-32-97)83(130)144-87(131)93-30-29-88(8,9)33-43(93)42-20-21-49-89(10)27-25-51(90(11,48(89)24-28-91(49,12)92(42,13)34-50(93)104)36-94-95-52(105)19-17-16-18-31-96-53(106)22-23-54(96)107)136-86-76(143-85-65(118)60(113)58(111)47(35-98)135-85)73(67(120)74(141-86)77(123)124)140-79(126)63(116)56(109)38(4)100/h20,22-23,36-40,43-51,55,58,60-62,65-67,69,71-74,76,78-86,97-101,103-104,108-122,125-130H,14-19,21,24-35H2,1-13H3,(H,95,105)(H,123,124)/b63-56+,64-57+,70-68+,75-59+,94-36+/t37?,38?,39?,40?,43?,44?,45?,46?,47?,48?,49?,50-,51+,55?,58?,60?,61?,62?,65?,66?,67?,69?,71?,72?,73?,74?,76?,78?,79?,80?,81?,82?,83?,84?,85?,86?,89+,90+,91-,92-,93-/m1/s1. The third-order valence-electron chi connectivity index (χ3n) is 30.3. The van der Waals surface area contributed by atoms with Gasteiger partial charge in [-0.2, -0.15) is 5.10 Å². The first kappa shape index (κ1) is 120. The highest BCUT2D eigenvalue weighted by Gasteiger charge is 2.73. The first-order valence-electron chi connectivity index (χ1n) is 48.0. The van der Waals surface area contributed by atoms with Crippen LogP contribution in [-0.2, 0) is 90.3 Å². The molecule has 9 aliphatic rings. The van der Waals surface area contributed by atoms with Crippen molar-refractivity contribution >= 4 is 41.8 Å². The lowest BCUT2D eigenvalue weighted by atomic mass is 9.33. The summed E-state index contributed by atoms with van der Waals surface area (Å²) in [4.78, 5) is 81.6. The Hall–Kier alpha value is -7.71. The first-order valence-corrected chi connectivity index (χ1v) is 48.0. The quantitative estimate of drug-likeness (QED) is 0.00323. The average molecular weight is 2080 g/mol. The van der Waals surface area contributed by atoms with Gasteiger partial charge in [-0.1, -0.05) is 73.5 Å². The number of esters is 2. The number of rotatable bonds is 47. The van der Waals surface area contributed by atoms with Gasteiger partial charge in [0.1, 0.15) is 121 Å². The summed E-state index contributed by atoms with van der Waals surface area (Å²) in [6, 6.07) is 0. The molecule has 822 valence electrons. The fourth-order valence-corrected chi connectivity index (χ4v) is 22.0. The van der Waals surface area contributed by atoms with Gasteiger partial charge in [0.05, 0.1) is 31.0 Å². The Balaban J connectivity index is 1.10. The predicted octanol–water partition coefficient (Wildman–Crippen LogP) is -3.52. The van der Waals surface area contributed by atoms with E-state index in [1.807, 2.05) is 40.7 Å². The van der Waals surface area contributed by atoms with Gasteiger partial charge in [0, 0.05) is 56.7 Å². The Morgan fingerprint density at radius 2 is 1.20 bits per heavy atom. The van der Waals surface area contributed by atoms with Crippen molar-refractivity contribution < 1.29 is 238 Å². The Labute approximate surface area is 828 Å². The van der Waals surface area contributed by atoms with Crippen molar-refractivity contribution in [3.05, 3.63) is 69.9 Å². The number of allylic oxidation sites excluding steroid dienone is 2. The van der Waals surface area contributed by atoms with E-state index in [4.69, 9.17) is 61.6 Å². The lowest BCUT2D eigenvalue weighted by Crippen LogP contribution is -2.69. The van der Waals surface area contributed by atoms with Crippen LogP contribution in [0, 0.1) is 50.2 Å². The van der Waals surface area contributed by atoms with Gasteiger partial charge in [-0.25, -0.2) is 10.2 Å². The number of ether oxygens (including phenoxy) is 13. The molecule has 4 saturated carbocycles. The lowest BCUT2D eigenvalue weighted by Gasteiger charge is -2.71. The third-order valence-corrected chi connectivity index (χ3v) is 30.3. The number of carboxylic acids is 1. The molecule has 0 spiro atoms. The Kier molecular flexibility index (Phi) is 41.1. The Morgan fingerprint density at radius 1 is 0.583 bits per heavy atom. The molecular weight excluding hydrogens is 1930 g/mol. The van der Waals surface area contributed by atoms with Gasteiger partial charge in [0.25, 0.3) is 24.4 Å². The number of hydrogen-bond donors (Lipinski definition) is 30. The number of carbonyl (C=O) groups excluding carboxylic acids is 5. The molecule has 41 atom stereocenters. The van der Waals surface area contributed by atoms with Crippen LogP contribution in [-0.4, -0.2) is 418 Å². The number of nitrogens with zero attached hydrogens (tertiary/aromatic N) is 2. The number of carbonyl (C=O) groups is 6. The zero-order chi connectivity index (χ0) is 108. The summed E-state index contributed by atoms with van der Waals surface area (Å²) < 4.78 is 76.0. The number of imide groups is 1. The van der Waals surface area contributed by atoms with Crippen molar-refractivity contribution in [1.82, 2.24) is 10.3 Å². The summed E-state index contributed by atoms with van der Waals surface area (Å²) in [6.07, 6.45) is -67.2. The minimum atomic E-state index is -2.97. The SMILES string of the molecule is CCC(OC(O)C(O)C(OC(O)C(O)C(O)C(C)O)C(CC)OC(C)=O)/C(O)=C(\OC1OC(C)C(OC(O)/C(O)=C(\OC(O)/C(O)=C(\O)C(O)CCO)C(C)O)C(O)C1O)C(O)OC(=O)[C@]12CCC(C)(C)CC1C1=CCC3[C@@]4(C)CC[C@H](OC5OC(C(=O)O)C(O)C(OC(O)/C(O)=C(\O)C(C)O)C5OC5OC(CO)C(O)C(O)C5O)[C@@](C)(/C=N/NC(=O)CCCCCN5C(=O)C=CC5=O)C4CC[C@@]3(C)[C@]1(C)C[C@H]2O. The molecule has 30 N–H and O–H groups in total. The second kappa shape index (κ2) is 49.4. The van der Waals surface area contributed by atoms with E-state index in [1.165, 1.54) is 20.1 Å². The fourth-order valence-electron chi connectivity index (χ4n) is 22.0. The van der Waals surface area contributed by atoms with Crippen molar-refractivity contribution in [2.75, 3.05) is 19.8 Å². The highest BCUT2D eigenvalue weighted by atomic mass is 16.8. The van der Waals surface area contributed by atoms with Crippen LogP contribution in [0.1, 0.15) is 193 Å². The van der Waals surface area contributed by atoms with Crippen LogP contribution in [0.5, 0.6) is 0 Å². The van der Waals surface area contributed by atoms with Crippen LogP contribution in [0.15, 0.2) is 75.0 Å². The molecule has 5 aliphatic carbocycles. The van der Waals surface area contributed by atoms with Crippen molar-refractivity contribution in [3.8, 4) is 0 Å². The predicted molar refractivity (Wildman–Crippen MR) is 482 cm³/mol. The summed E-state index contributed by atoms with van der Waals surface area (Å²) in [5.74, 6) is -18.9. The van der Waals surface area contributed by atoms with E-state index < -0.39 is 361 Å². The van der Waals surface area contributed by atoms with Crippen molar-refractivity contribution in [1.29, 1.82) is 0 Å². The van der Waals surface area contributed by atoms with Gasteiger partial charge in [-0.05, 0) is 151 Å². The topological polar surface area (TPSA) is 837 Å². The summed E-state index contributed by atoms with van der Waals surface area (Å²) in [6.45, 7) is 17.5. The van der Waals surface area contributed by atoms with E-state index >= 15 is 4.79 Å². The Bertz CT molecular complexity index is 4570. The number of aliphatic carboxylic acids is 1. The number of amides is 3. The maximum absolute atomic E-state index is 16.2. The molecule has 3 saturated heterocycles. The fraction of sp³-hybridized carbons (Fsp3) is 0.796. The molecule has 3 amide bonds. The smallest absolute Gasteiger partial charge is 0.335 e. The second-order valence-electron chi connectivity index (χ2n) is 40.4. The molecule has 0 bridgehead atoms. The molecule has 0 aromatic rings. The molecule has 0 radical (unpaired) electrons. The minimum Gasteiger partial charge on any atom is -0.506 e. The third kappa shape index (κ3) is 25.4. The van der Waals surface area contributed by atoms with E-state index in [-0.39, 0.29) is 83.6 Å². The molecule has 7 fully saturated rings. The number of hydrazone groups is 1. The molecule has 4 heterocycles. The molecule has 0 aromatic heterocycles. The summed E-state index contributed by atoms with van der Waals surface area (Å²) >= 11 is 0. The Morgan fingerprint density at radius 3 is 1.79 bits per heavy atom. The maximum atomic E-state index is 16.2. The van der Waals surface area contributed by atoms with Crippen LogP contribution < -0.4 is 5.43 Å². The lowest BCUT2D eigenvalue weighted by molar-refractivity contribution is -0.382. The normalized spacial score (nSPS) is 36.9. The number of nitrogens with one attached hydrogen (secondary N) is 1. The van der Waals surface area contributed by atoms with Gasteiger partial charge in [-0.3, -0.25) is 28.9 Å². The highest BCUT2D eigenvalue weighted by molar-refractivity contribution is 6.12. The van der Waals surface area contributed by atoms with Gasteiger partial charge in [0.2, 0.25) is 36.3 Å². The monoisotopic (exact) mass is 2070 g/mol. The molecule has 51 heteroatoms. The van der Waals surface area contributed by atoms with Crippen LogP contribution in [0.4, 0.5) is 0 Å². The van der Waals surface area contributed by atoms with Crippen LogP contribution in [0.2, 0.25) is 0 Å². The van der Waals surface area contributed by atoms with E-state index in [0.29, 0.717) is 18.4 Å². The van der Waals surface area contributed by atoms with Gasteiger partial charge in [-0.15, -0.1) is 0 Å². The molecule has 144 heavy (non-hydrogen) atoms. The van der Waals surface area contributed by atoms with Gasteiger partial charge < -0.3 is 210 Å². The van der Waals surface area contributed by atoms with Crippen molar-refractivity contribution in [3.63, 3.8) is 0 Å². The first-order chi connectivity index (χ1) is 67.2. The highest BCUT2D eigenvalue weighted by Crippen LogP contribution is 2.76. The zero-order valence-corrected chi connectivity index (χ0v) is 82.1. The summed E-state index contributed by atoms with van der Waals surface area (Å²) in [7, 11) is 0. The number of carboxylic acid groups (broad SMARTS) is 1. The van der Waals surface area contributed by atoms with Crippen molar-refractivity contribution in [2.45, 2.75) is 396 Å². The maximum Gasteiger partial charge on any atom is 0.335 e. The molecule has 9 rings (SSSR count). The number of unbranched alkanes of at least 4 members (excludes halogenated alkanes) is 2. The zero-order valence-electron chi connectivity index (χ0n) is 82.1. The molecule has 51 nitrogen and oxygen atoms in total. The van der Waals surface area contributed by atoms with Crippen LogP contribution in [0.25, 0.3) is 0 Å². The van der Waals surface area contributed by atoms with Gasteiger partial charge >= 0.3 is 17.9 Å². The number of aliphatic hydroxyl groups is 28. The average Bonchev–Trinajstić information content (AvgIpc) is 1.06. The molecule has 34 unspecified atom stereocenters. The second-order valence-corrected chi connectivity index (χ2v) is 40.4. The van der Waals surface area contributed by atoms with Gasteiger partial charge in [0.15, 0.2) is 65.8 Å². The molecule has 0 aromatic carbocycles. The minimum absolute atomic E-state index is 0.0666. The van der Waals surface area contributed by atoms with Crippen LogP contribution >= 0.6 is 0 Å². The summed E-state index contributed by atoms with van der Waals surface area (Å²) in [5.41, 5.74) is -4.01. The van der Waals surface area contributed by atoms with E-state index in [2.05, 4.69) is 10.5 Å². The number of fused-ring (bicyclic) bond motifs is 7. The molecular formula is C93H147N3O48. The largest absolute Gasteiger partial charge is 0.506 e. The number of aliphatic hydroxyl groups excluding tert-OH is 28. The van der Waals surface area contributed by atoms with E-state index in [9.17, 15) is 172 Å². The van der Waals surface area contributed by atoms with Crippen LogP contribution in [0.3, 0.4) is 0 Å². The molecule has 4 aliphatic heterocycles.